The summed E-state index contributed by atoms with van der Waals surface area (Å²) in [6.45, 7) is 0.364. The zero-order chi connectivity index (χ0) is 18.8. The fourth-order valence-electron chi connectivity index (χ4n) is 2.05. The Hall–Kier alpha value is -3.48. The Morgan fingerprint density at radius 1 is 1.00 bits per heavy atom. The molecule has 0 aliphatic heterocycles. The summed E-state index contributed by atoms with van der Waals surface area (Å²) in [6.07, 6.45) is 1.10. The van der Waals surface area contributed by atoms with Crippen molar-refractivity contribution in [2.24, 2.45) is 5.10 Å². The third-order valence-corrected chi connectivity index (χ3v) is 3.39. The third kappa shape index (κ3) is 6.20. The Morgan fingerprint density at radius 3 is 2.35 bits per heavy atom. The maximum Gasteiger partial charge on any atom is 0.337 e. The molecule has 2 amide bonds. The van der Waals surface area contributed by atoms with Crippen LogP contribution in [0, 0.1) is 0 Å². The number of hydrogen-bond donors (Lipinski definition) is 2. The van der Waals surface area contributed by atoms with Crippen LogP contribution in [-0.4, -0.2) is 31.1 Å². The molecule has 0 aliphatic rings. The number of nitrogens with one attached hydrogen (secondary N) is 2. The molecule has 0 aliphatic carbocycles. The fraction of sp³-hybridized carbons (Fsp3) is 0.158. The van der Waals surface area contributed by atoms with Crippen molar-refractivity contribution in [3.05, 3.63) is 71.3 Å². The average Bonchev–Trinajstić information content (AvgIpc) is 2.67. The minimum absolute atomic E-state index is 0.314. The summed E-state index contributed by atoms with van der Waals surface area (Å²) in [4.78, 5) is 34.7. The predicted octanol–water partition coefficient (Wildman–Crippen LogP) is 1.63. The highest BCUT2D eigenvalue weighted by Crippen LogP contribution is 2.03. The van der Waals surface area contributed by atoms with Crippen molar-refractivity contribution in [3.63, 3.8) is 0 Å². The van der Waals surface area contributed by atoms with E-state index in [0.717, 1.165) is 5.56 Å². The molecule has 26 heavy (non-hydrogen) atoms. The second-order valence-electron chi connectivity index (χ2n) is 5.35. The maximum atomic E-state index is 11.7. The molecule has 7 heteroatoms. The lowest BCUT2D eigenvalue weighted by Gasteiger charge is -2.04. The van der Waals surface area contributed by atoms with Crippen molar-refractivity contribution < 1.29 is 19.1 Å². The van der Waals surface area contributed by atoms with Gasteiger partial charge >= 0.3 is 5.97 Å². The molecule has 0 aromatic heterocycles. The summed E-state index contributed by atoms with van der Waals surface area (Å²) >= 11 is 0. The molecule has 0 spiro atoms. The molecule has 7 nitrogen and oxygen atoms in total. The van der Waals surface area contributed by atoms with E-state index in [1.54, 1.807) is 24.3 Å². The van der Waals surface area contributed by atoms with E-state index in [0.29, 0.717) is 17.7 Å². The minimum Gasteiger partial charge on any atom is -0.465 e. The van der Waals surface area contributed by atoms with Crippen molar-refractivity contribution in [3.8, 4) is 0 Å². The summed E-state index contributed by atoms with van der Waals surface area (Å²) in [5, 5.41) is 6.45. The van der Waals surface area contributed by atoms with Gasteiger partial charge in [-0.3, -0.25) is 9.59 Å². The zero-order valence-electron chi connectivity index (χ0n) is 14.3. The van der Waals surface area contributed by atoms with E-state index in [9.17, 15) is 14.4 Å². The van der Waals surface area contributed by atoms with Crippen LogP contribution in [0.2, 0.25) is 0 Å². The van der Waals surface area contributed by atoms with Crippen molar-refractivity contribution in [2.45, 2.75) is 13.0 Å². The molecule has 2 aromatic rings. The molecule has 2 N–H and O–H groups in total. The standard InChI is InChI=1S/C19H19N3O4/c1-26-19(25)16-9-7-15(8-10-16)13-21-22-18(24)11-17(23)20-12-14-5-3-2-4-6-14/h2-10,13H,11-12H2,1H3,(H,20,23)(H,22,24)/b21-13-. The zero-order valence-corrected chi connectivity index (χ0v) is 14.3. The Kier molecular flexibility index (Phi) is 7.05. The first-order chi connectivity index (χ1) is 12.6. The van der Waals surface area contributed by atoms with Crippen LogP contribution in [0.3, 0.4) is 0 Å². The molecule has 2 rings (SSSR count). The monoisotopic (exact) mass is 353 g/mol. The highest BCUT2D eigenvalue weighted by Gasteiger charge is 2.08. The Morgan fingerprint density at radius 2 is 1.69 bits per heavy atom. The number of esters is 1. The van der Waals surface area contributed by atoms with Gasteiger partial charge in [0.1, 0.15) is 6.42 Å². The van der Waals surface area contributed by atoms with E-state index >= 15 is 0 Å². The Labute approximate surface area is 151 Å². The van der Waals surface area contributed by atoms with Gasteiger partial charge in [-0.1, -0.05) is 42.5 Å². The number of nitrogens with zero attached hydrogens (tertiary/aromatic N) is 1. The number of amides is 2. The molecule has 0 atom stereocenters. The number of carbonyl (C=O) groups is 3. The van der Waals surface area contributed by atoms with E-state index in [2.05, 4.69) is 20.6 Å². The summed E-state index contributed by atoms with van der Waals surface area (Å²) in [7, 11) is 1.31. The van der Waals surface area contributed by atoms with Crippen LogP contribution in [0.15, 0.2) is 59.7 Å². The Bertz CT molecular complexity index is 786. The van der Waals surface area contributed by atoms with Crippen molar-refractivity contribution in [1.82, 2.24) is 10.7 Å². The lowest BCUT2D eigenvalue weighted by Crippen LogP contribution is -2.29. The van der Waals surface area contributed by atoms with Crippen LogP contribution in [0.1, 0.15) is 27.9 Å². The quantitative estimate of drug-likeness (QED) is 0.342. The summed E-state index contributed by atoms with van der Waals surface area (Å²) in [5.41, 5.74) is 4.35. The lowest BCUT2D eigenvalue weighted by atomic mass is 10.1. The minimum atomic E-state index is -0.516. The molecule has 0 unspecified atom stereocenters. The number of carbonyl (C=O) groups excluding carboxylic acids is 3. The molecule has 2 aromatic carbocycles. The van der Waals surface area contributed by atoms with Gasteiger partial charge in [0.05, 0.1) is 18.9 Å². The maximum absolute atomic E-state index is 11.7. The number of hydrazone groups is 1. The van der Waals surface area contributed by atoms with Gasteiger partial charge in [0.2, 0.25) is 11.8 Å². The van der Waals surface area contributed by atoms with Crippen LogP contribution < -0.4 is 10.7 Å². The highest BCUT2D eigenvalue weighted by molar-refractivity contribution is 5.97. The molecule has 0 bridgehead atoms. The van der Waals surface area contributed by atoms with E-state index in [1.165, 1.54) is 13.3 Å². The van der Waals surface area contributed by atoms with E-state index in [-0.39, 0.29) is 12.3 Å². The lowest BCUT2D eigenvalue weighted by molar-refractivity contribution is -0.129. The fourth-order valence-corrected chi connectivity index (χ4v) is 2.05. The molecule has 0 saturated heterocycles. The number of hydrogen-bond acceptors (Lipinski definition) is 5. The van der Waals surface area contributed by atoms with Crippen LogP contribution in [-0.2, 0) is 20.9 Å². The van der Waals surface area contributed by atoms with Crippen molar-refractivity contribution >= 4 is 24.0 Å². The van der Waals surface area contributed by atoms with Crippen molar-refractivity contribution in [1.29, 1.82) is 0 Å². The first kappa shape index (κ1) is 18.9. The van der Waals surface area contributed by atoms with Gasteiger partial charge in [0, 0.05) is 6.54 Å². The van der Waals surface area contributed by atoms with Crippen LogP contribution >= 0.6 is 0 Å². The summed E-state index contributed by atoms with van der Waals surface area (Å²) in [6, 6.07) is 15.9. The van der Waals surface area contributed by atoms with Gasteiger partial charge in [-0.05, 0) is 23.3 Å². The normalized spacial score (nSPS) is 10.3. The molecule has 134 valence electrons. The third-order valence-electron chi connectivity index (χ3n) is 3.39. The van der Waals surface area contributed by atoms with Gasteiger partial charge in [0.25, 0.3) is 0 Å². The SMILES string of the molecule is COC(=O)c1ccc(/C=N\NC(=O)CC(=O)NCc2ccccc2)cc1. The van der Waals surface area contributed by atoms with E-state index in [4.69, 9.17) is 0 Å². The van der Waals surface area contributed by atoms with Crippen LogP contribution in [0.5, 0.6) is 0 Å². The average molecular weight is 353 g/mol. The second kappa shape index (κ2) is 9.73. The van der Waals surface area contributed by atoms with Gasteiger partial charge in [0.15, 0.2) is 0 Å². The number of methoxy groups -OCH3 is 1. The molecule has 0 heterocycles. The van der Waals surface area contributed by atoms with E-state index in [1.807, 2.05) is 30.3 Å². The first-order valence-corrected chi connectivity index (χ1v) is 7.89. The predicted molar refractivity (Wildman–Crippen MR) is 96.4 cm³/mol. The molecular formula is C19H19N3O4. The van der Waals surface area contributed by atoms with Gasteiger partial charge in [-0.25, -0.2) is 10.2 Å². The molecule has 0 radical (unpaired) electrons. The van der Waals surface area contributed by atoms with Gasteiger partial charge in [-0.15, -0.1) is 0 Å². The summed E-state index contributed by atoms with van der Waals surface area (Å²) < 4.78 is 4.61. The number of rotatable bonds is 7. The second-order valence-corrected chi connectivity index (χ2v) is 5.35. The van der Waals surface area contributed by atoms with Gasteiger partial charge < -0.3 is 10.1 Å². The molecule has 0 saturated carbocycles. The van der Waals surface area contributed by atoms with Gasteiger partial charge in [-0.2, -0.15) is 5.10 Å². The molecule has 0 fully saturated rings. The van der Waals surface area contributed by atoms with Crippen LogP contribution in [0.25, 0.3) is 0 Å². The van der Waals surface area contributed by atoms with Crippen LogP contribution in [0.4, 0.5) is 0 Å². The Balaban J connectivity index is 1.74. The smallest absolute Gasteiger partial charge is 0.337 e. The summed E-state index contributed by atoms with van der Waals surface area (Å²) in [5.74, 6) is -1.33. The topological polar surface area (TPSA) is 96.9 Å². The first-order valence-electron chi connectivity index (χ1n) is 7.89. The number of benzene rings is 2. The highest BCUT2D eigenvalue weighted by atomic mass is 16.5. The van der Waals surface area contributed by atoms with Crippen molar-refractivity contribution in [2.75, 3.05) is 7.11 Å². The number of ether oxygens (including phenoxy) is 1. The molecular weight excluding hydrogens is 334 g/mol. The van der Waals surface area contributed by atoms with E-state index < -0.39 is 11.9 Å². The largest absolute Gasteiger partial charge is 0.465 e.